The van der Waals surface area contributed by atoms with E-state index in [2.05, 4.69) is 27.7 Å². The summed E-state index contributed by atoms with van der Waals surface area (Å²) in [5.74, 6) is 0. The predicted molar refractivity (Wildman–Crippen MR) is 139 cm³/mol. The first-order chi connectivity index (χ1) is 14.7. The maximum absolute atomic E-state index is 2.37. The first-order valence-corrected chi connectivity index (χ1v) is 14.6. The Kier molecular flexibility index (Phi) is 28.6. The third kappa shape index (κ3) is 21.8. The van der Waals surface area contributed by atoms with E-state index in [1.807, 2.05) is 0 Å². The molecule has 0 saturated heterocycles. The Bertz CT molecular complexity index is 301. The predicted octanol–water partition coefficient (Wildman–Crippen LogP) is 7.08. The van der Waals surface area contributed by atoms with E-state index in [0.29, 0.717) is 0 Å². The molecule has 0 aromatic heterocycles. The molecule has 0 aromatic rings. The highest BCUT2D eigenvalue weighted by atomic mass is 35.5. The van der Waals surface area contributed by atoms with Crippen molar-refractivity contribution in [3.8, 4) is 0 Å². The van der Waals surface area contributed by atoms with Crippen LogP contribution in [-0.4, -0.2) is 30.7 Å². The summed E-state index contributed by atoms with van der Waals surface area (Å²) in [4.78, 5) is 0. The van der Waals surface area contributed by atoms with Gasteiger partial charge < -0.3 is 16.9 Å². The second-order valence-electron chi connectivity index (χ2n) is 10.2. The zero-order valence-electron chi connectivity index (χ0n) is 22.5. The molecule has 0 heterocycles. The molecule has 0 aliphatic heterocycles. The number of nitrogens with zero attached hydrogens (tertiary/aromatic N) is 1. The summed E-state index contributed by atoms with van der Waals surface area (Å²) in [5.41, 5.74) is 0. The minimum Gasteiger partial charge on any atom is -1.00 e. The molecule has 0 fully saturated rings. The molecule has 0 aromatic carbocycles. The molecule has 0 unspecified atom stereocenters. The maximum atomic E-state index is 2.37. The molecule has 0 spiro atoms. The van der Waals surface area contributed by atoms with E-state index in [1.165, 1.54) is 165 Å². The van der Waals surface area contributed by atoms with Crippen molar-refractivity contribution < 1.29 is 16.9 Å². The van der Waals surface area contributed by atoms with Gasteiger partial charge in [0.15, 0.2) is 0 Å². The second-order valence-corrected chi connectivity index (χ2v) is 10.2. The molecular weight excluding hydrogens is 398 g/mol. The van der Waals surface area contributed by atoms with Gasteiger partial charge in [0, 0.05) is 0 Å². The first kappa shape index (κ1) is 33.4. The van der Waals surface area contributed by atoms with E-state index >= 15 is 0 Å². The Labute approximate surface area is 205 Å². The molecule has 0 radical (unpaired) electrons. The van der Waals surface area contributed by atoms with Crippen molar-refractivity contribution in [1.29, 1.82) is 0 Å². The van der Waals surface area contributed by atoms with Gasteiger partial charge in [-0.25, -0.2) is 0 Å². The molecule has 0 rings (SSSR count). The zero-order chi connectivity index (χ0) is 22.2. The van der Waals surface area contributed by atoms with Gasteiger partial charge in [0.2, 0.25) is 0 Å². The van der Waals surface area contributed by atoms with Crippen molar-refractivity contribution >= 4 is 0 Å². The molecule has 0 atom stereocenters. The van der Waals surface area contributed by atoms with Crippen molar-refractivity contribution in [3.05, 3.63) is 0 Å². The first-order valence-electron chi connectivity index (χ1n) is 14.6. The number of unbranched alkanes of at least 4 members (excludes halogenated alkanes) is 17. The fourth-order valence-corrected chi connectivity index (χ4v) is 5.44. The van der Waals surface area contributed by atoms with E-state index in [1.54, 1.807) is 0 Å². The quantitative estimate of drug-likeness (QED) is 0.101. The van der Waals surface area contributed by atoms with Crippen molar-refractivity contribution in [2.45, 2.75) is 163 Å². The summed E-state index contributed by atoms with van der Waals surface area (Å²) in [7, 11) is 0. The van der Waals surface area contributed by atoms with E-state index < -0.39 is 0 Å². The van der Waals surface area contributed by atoms with Crippen LogP contribution in [0.2, 0.25) is 0 Å². The highest BCUT2D eigenvalue weighted by Gasteiger charge is 2.23. The Morgan fingerprint density at radius 2 is 0.548 bits per heavy atom. The second kappa shape index (κ2) is 26.5. The molecule has 190 valence electrons. The van der Waals surface area contributed by atoms with Gasteiger partial charge in [-0.1, -0.05) is 130 Å². The third-order valence-corrected chi connectivity index (χ3v) is 7.08. The lowest BCUT2D eigenvalue weighted by Crippen LogP contribution is -3.00. The van der Waals surface area contributed by atoms with E-state index in [-0.39, 0.29) is 12.4 Å². The van der Waals surface area contributed by atoms with Crippen molar-refractivity contribution in [3.63, 3.8) is 0 Å². The van der Waals surface area contributed by atoms with Crippen LogP contribution >= 0.6 is 0 Å². The average molecular weight is 460 g/mol. The summed E-state index contributed by atoms with van der Waals surface area (Å²) in [6.45, 7) is 15.1. The number of hydrogen-bond acceptors (Lipinski definition) is 0. The van der Waals surface area contributed by atoms with Gasteiger partial charge in [-0.2, -0.15) is 0 Å². The Morgan fingerprint density at radius 1 is 0.290 bits per heavy atom. The van der Waals surface area contributed by atoms with Crippen LogP contribution in [0.25, 0.3) is 0 Å². The molecule has 0 aliphatic carbocycles. The van der Waals surface area contributed by atoms with Crippen LogP contribution < -0.4 is 12.4 Å². The van der Waals surface area contributed by atoms with E-state index in [0.717, 1.165) is 0 Å². The molecule has 0 N–H and O–H groups in total. The summed E-state index contributed by atoms with van der Waals surface area (Å²) >= 11 is 0. The smallest absolute Gasteiger partial charge is 0.0786 e. The monoisotopic (exact) mass is 459 g/mol. The van der Waals surface area contributed by atoms with Gasteiger partial charge in [0.1, 0.15) is 0 Å². The van der Waals surface area contributed by atoms with E-state index in [4.69, 9.17) is 0 Å². The topological polar surface area (TPSA) is 0 Å². The minimum absolute atomic E-state index is 0. The third-order valence-electron chi connectivity index (χ3n) is 7.08. The van der Waals surface area contributed by atoms with Gasteiger partial charge in [0.05, 0.1) is 26.2 Å². The molecule has 0 amide bonds. The highest BCUT2D eigenvalue weighted by molar-refractivity contribution is 4.52. The summed E-state index contributed by atoms with van der Waals surface area (Å²) in [5, 5.41) is 0. The fraction of sp³-hybridized carbons (Fsp3) is 1.00. The van der Waals surface area contributed by atoms with Crippen molar-refractivity contribution in [2.75, 3.05) is 26.2 Å². The number of rotatable bonds is 25. The van der Waals surface area contributed by atoms with Gasteiger partial charge in [0.25, 0.3) is 0 Å². The number of hydrogen-bond donors (Lipinski definition) is 0. The van der Waals surface area contributed by atoms with Crippen LogP contribution in [0, 0.1) is 0 Å². The number of halogens is 1. The Morgan fingerprint density at radius 3 is 0.806 bits per heavy atom. The summed E-state index contributed by atoms with van der Waals surface area (Å²) in [6, 6.07) is 0. The van der Waals surface area contributed by atoms with Gasteiger partial charge in [-0.15, -0.1) is 0 Å². The summed E-state index contributed by atoms with van der Waals surface area (Å²) in [6.07, 6.45) is 30.5. The molecule has 0 saturated carbocycles. The van der Waals surface area contributed by atoms with E-state index in [9.17, 15) is 0 Å². The molecule has 0 bridgehead atoms. The van der Waals surface area contributed by atoms with Crippen LogP contribution in [0.15, 0.2) is 0 Å². The Hall–Kier alpha value is 0.250. The highest BCUT2D eigenvalue weighted by Crippen LogP contribution is 2.17. The minimum atomic E-state index is 0. The van der Waals surface area contributed by atoms with Crippen molar-refractivity contribution in [2.24, 2.45) is 0 Å². The van der Waals surface area contributed by atoms with Crippen LogP contribution in [0.1, 0.15) is 163 Å². The van der Waals surface area contributed by atoms with Gasteiger partial charge in [-0.05, 0) is 32.1 Å². The lowest BCUT2D eigenvalue weighted by Gasteiger charge is -2.38. The zero-order valence-corrected chi connectivity index (χ0v) is 23.3. The van der Waals surface area contributed by atoms with Crippen LogP contribution in [-0.2, 0) is 0 Å². The maximum Gasteiger partial charge on any atom is 0.0786 e. The van der Waals surface area contributed by atoms with Crippen molar-refractivity contribution in [1.82, 2.24) is 0 Å². The lowest BCUT2D eigenvalue weighted by atomic mass is 10.0. The van der Waals surface area contributed by atoms with Crippen LogP contribution in [0.5, 0.6) is 0 Å². The van der Waals surface area contributed by atoms with Gasteiger partial charge >= 0.3 is 0 Å². The SMILES string of the molecule is CCCCCCCCCCCCCCCCCCCC[N+](CCC)(CCC)CCC.[Cl-]. The fourth-order valence-electron chi connectivity index (χ4n) is 5.44. The molecule has 1 nitrogen and oxygen atoms in total. The summed E-state index contributed by atoms with van der Waals surface area (Å²) < 4.78 is 1.41. The van der Waals surface area contributed by atoms with Gasteiger partial charge in [-0.3, -0.25) is 0 Å². The molecule has 2 heteroatoms. The Balaban J connectivity index is 0. The standard InChI is InChI=1S/C29H62N.ClH/c1-5-9-10-11-12-13-14-15-16-17-18-19-20-21-22-23-24-25-29-30(26-6-2,27-7-3)28-8-4;/h5-29H2,1-4H3;1H/q+1;/p-1. The molecular formula is C29H62ClN. The van der Waals surface area contributed by atoms with Crippen LogP contribution in [0.4, 0.5) is 0 Å². The lowest BCUT2D eigenvalue weighted by molar-refractivity contribution is -0.928. The molecule has 31 heavy (non-hydrogen) atoms. The molecule has 0 aliphatic rings. The number of quaternary nitrogens is 1. The average Bonchev–Trinajstić information content (AvgIpc) is 2.73. The van der Waals surface area contributed by atoms with Crippen LogP contribution in [0.3, 0.4) is 0 Å². The largest absolute Gasteiger partial charge is 1.00 e. The normalized spacial score (nSPS) is 11.6.